The fraction of sp³-hybridized carbons (Fsp3) is 0.320. The fourth-order valence-corrected chi connectivity index (χ4v) is 4.09. The summed E-state index contributed by atoms with van der Waals surface area (Å²) in [6, 6.07) is 15.5. The topological polar surface area (TPSA) is 67.3 Å². The van der Waals surface area contributed by atoms with Crippen molar-refractivity contribution in [2.75, 3.05) is 25.5 Å². The van der Waals surface area contributed by atoms with Crippen molar-refractivity contribution in [3.05, 3.63) is 83.9 Å². The average Bonchev–Trinajstić information content (AvgIpc) is 2.83. The van der Waals surface area contributed by atoms with Crippen LogP contribution >= 0.6 is 0 Å². The number of hydrogen-bond donors (Lipinski definition) is 1. The minimum atomic E-state index is 0.0674. The molecule has 2 aromatic heterocycles. The van der Waals surface area contributed by atoms with Gasteiger partial charge in [0.05, 0.1) is 12.8 Å². The number of piperidine rings is 1. The van der Waals surface area contributed by atoms with E-state index >= 15 is 0 Å². The summed E-state index contributed by atoms with van der Waals surface area (Å²) < 4.78 is 5.49. The van der Waals surface area contributed by atoms with Crippen molar-refractivity contribution < 1.29 is 9.53 Å². The highest BCUT2D eigenvalue weighted by Gasteiger charge is 2.25. The summed E-state index contributed by atoms with van der Waals surface area (Å²) in [5.41, 5.74) is 3.63. The maximum Gasteiger partial charge on any atom is 0.253 e. The second kappa shape index (κ2) is 10.1. The van der Waals surface area contributed by atoms with Crippen molar-refractivity contribution in [1.82, 2.24) is 14.9 Å². The number of rotatable bonds is 7. The quantitative estimate of drug-likeness (QED) is 0.625. The molecule has 1 N–H and O–H groups in total. The number of amides is 1. The Morgan fingerprint density at radius 3 is 2.90 bits per heavy atom. The van der Waals surface area contributed by atoms with Crippen molar-refractivity contribution in [1.29, 1.82) is 0 Å². The molecule has 1 aliphatic rings. The van der Waals surface area contributed by atoms with Gasteiger partial charge in [0.1, 0.15) is 5.75 Å². The Balaban J connectivity index is 1.44. The van der Waals surface area contributed by atoms with Crippen LogP contribution in [0, 0.1) is 5.92 Å². The lowest BCUT2D eigenvalue weighted by atomic mass is 9.92. The zero-order valence-corrected chi connectivity index (χ0v) is 17.8. The lowest BCUT2D eigenvalue weighted by molar-refractivity contribution is 0.0673. The first-order valence-corrected chi connectivity index (χ1v) is 10.7. The molecule has 0 saturated carbocycles. The summed E-state index contributed by atoms with van der Waals surface area (Å²) in [5, 5.41) is 3.38. The van der Waals surface area contributed by atoms with E-state index < -0.39 is 0 Å². The maximum absolute atomic E-state index is 13.3. The molecule has 1 fully saturated rings. The number of carbonyl (C=O) groups excluding carboxylic acids is 1. The van der Waals surface area contributed by atoms with Gasteiger partial charge in [-0.25, -0.2) is 0 Å². The van der Waals surface area contributed by atoms with Crippen LogP contribution in [0.3, 0.4) is 0 Å². The molecule has 0 spiro atoms. The number of pyridine rings is 2. The lowest BCUT2D eigenvalue weighted by Gasteiger charge is -2.33. The van der Waals surface area contributed by atoms with Crippen molar-refractivity contribution >= 4 is 11.6 Å². The predicted molar refractivity (Wildman–Crippen MR) is 121 cm³/mol. The SMILES string of the molecule is COc1ccc(C(=O)N2CCC[C@H](Cc3ccccn3)C2)cc1NCc1cccnc1. The molecule has 160 valence electrons. The van der Waals surface area contributed by atoms with Crippen molar-refractivity contribution in [2.24, 2.45) is 5.92 Å². The number of benzene rings is 1. The maximum atomic E-state index is 13.3. The molecule has 1 aliphatic heterocycles. The van der Waals surface area contributed by atoms with Crippen molar-refractivity contribution in [3.8, 4) is 5.75 Å². The smallest absolute Gasteiger partial charge is 0.253 e. The van der Waals surface area contributed by atoms with Crippen LogP contribution < -0.4 is 10.1 Å². The number of likely N-dealkylation sites (tertiary alicyclic amines) is 1. The van der Waals surface area contributed by atoms with E-state index in [9.17, 15) is 4.79 Å². The zero-order valence-electron chi connectivity index (χ0n) is 17.8. The number of aromatic nitrogens is 2. The van der Waals surface area contributed by atoms with Gasteiger partial charge in [0, 0.05) is 49.5 Å². The van der Waals surface area contributed by atoms with Crippen LogP contribution in [-0.2, 0) is 13.0 Å². The van der Waals surface area contributed by atoms with Crippen LogP contribution in [0.25, 0.3) is 0 Å². The highest BCUT2D eigenvalue weighted by Crippen LogP contribution is 2.28. The van der Waals surface area contributed by atoms with Crippen LogP contribution in [0.1, 0.15) is 34.5 Å². The lowest BCUT2D eigenvalue weighted by Crippen LogP contribution is -2.40. The number of anilines is 1. The van der Waals surface area contributed by atoms with E-state index in [1.807, 2.05) is 59.8 Å². The Kier molecular flexibility index (Phi) is 6.77. The monoisotopic (exact) mass is 416 g/mol. The Morgan fingerprint density at radius 1 is 1.19 bits per heavy atom. The standard InChI is InChI=1S/C25H28N4O2/c1-31-24-10-9-21(15-23(24)28-17-20-6-4-11-26-16-20)25(30)29-13-5-7-19(18-29)14-22-8-2-3-12-27-22/h2-4,6,8-12,15-16,19,28H,5,7,13-14,17-18H2,1H3/t19-/m1/s1. The third-order valence-electron chi connectivity index (χ3n) is 5.68. The van der Waals surface area contributed by atoms with E-state index in [1.54, 1.807) is 13.3 Å². The first-order chi connectivity index (χ1) is 15.2. The Labute approximate surface area is 183 Å². The molecule has 0 radical (unpaired) electrons. The van der Waals surface area contributed by atoms with Crippen LogP contribution in [0.15, 0.2) is 67.1 Å². The van der Waals surface area contributed by atoms with E-state index in [4.69, 9.17) is 4.74 Å². The minimum absolute atomic E-state index is 0.0674. The number of nitrogens with one attached hydrogen (secondary N) is 1. The molecule has 0 bridgehead atoms. The van der Waals surface area contributed by atoms with Crippen LogP contribution in [-0.4, -0.2) is 41.0 Å². The zero-order chi connectivity index (χ0) is 21.5. The third kappa shape index (κ3) is 5.40. The molecule has 6 heteroatoms. The number of methoxy groups -OCH3 is 1. The van der Waals surface area contributed by atoms with E-state index in [1.165, 1.54) is 0 Å². The summed E-state index contributed by atoms with van der Waals surface area (Å²) in [7, 11) is 1.64. The molecule has 0 aliphatic carbocycles. The summed E-state index contributed by atoms with van der Waals surface area (Å²) in [5.74, 6) is 1.22. The average molecular weight is 417 g/mol. The number of nitrogens with zero attached hydrogens (tertiary/aromatic N) is 3. The third-order valence-corrected chi connectivity index (χ3v) is 5.68. The Morgan fingerprint density at radius 2 is 2.13 bits per heavy atom. The summed E-state index contributed by atoms with van der Waals surface area (Å²) >= 11 is 0. The van der Waals surface area contributed by atoms with E-state index in [0.717, 1.165) is 49.3 Å². The highest BCUT2D eigenvalue weighted by atomic mass is 16.5. The molecular formula is C25H28N4O2. The van der Waals surface area contributed by atoms with Gasteiger partial charge in [-0.15, -0.1) is 0 Å². The fourth-order valence-electron chi connectivity index (χ4n) is 4.09. The van der Waals surface area contributed by atoms with Crippen LogP contribution in [0.2, 0.25) is 0 Å². The number of carbonyl (C=O) groups is 1. The molecular weight excluding hydrogens is 388 g/mol. The predicted octanol–water partition coefficient (Wildman–Crippen LogP) is 4.19. The van der Waals surface area contributed by atoms with Crippen LogP contribution in [0.5, 0.6) is 5.75 Å². The van der Waals surface area contributed by atoms with Crippen molar-refractivity contribution in [2.45, 2.75) is 25.8 Å². The molecule has 4 rings (SSSR count). The van der Waals surface area contributed by atoms with E-state index in [2.05, 4.69) is 21.4 Å². The molecule has 1 amide bonds. The van der Waals surface area contributed by atoms with Gasteiger partial charge in [-0.05, 0) is 67.1 Å². The minimum Gasteiger partial charge on any atom is -0.495 e. The molecule has 6 nitrogen and oxygen atoms in total. The largest absolute Gasteiger partial charge is 0.495 e. The first-order valence-electron chi connectivity index (χ1n) is 10.7. The molecule has 0 unspecified atom stereocenters. The second-order valence-corrected chi connectivity index (χ2v) is 7.91. The normalized spacial score (nSPS) is 16.0. The van der Waals surface area contributed by atoms with E-state index in [0.29, 0.717) is 23.8 Å². The highest BCUT2D eigenvalue weighted by molar-refractivity contribution is 5.95. The van der Waals surface area contributed by atoms with Gasteiger partial charge < -0.3 is 15.0 Å². The Hall–Kier alpha value is -3.41. The van der Waals surface area contributed by atoms with Gasteiger partial charge >= 0.3 is 0 Å². The first kappa shape index (κ1) is 20.8. The van der Waals surface area contributed by atoms with Gasteiger partial charge in [-0.3, -0.25) is 14.8 Å². The summed E-state index contributed by atoms with van der Waals surface area (Å²) in [6.07, 6.45) is 8.46. The molecule has 1 saturated heterocycles. The Bertz CT molecular complexity index is 995. The van der Waals surface area contributed by atoms with E-state index in [-0.39, 0.29) is 5.91 Å². The van der Waals surface area contributed by atoms with Gasteiger partial charge in [0.15, 0.2) is 0 Å². The van der Waals surface area contributed by atoms with Crippen LogP contribution in [0.4, 0.5) is 5.69 Å². The molecule has 1 aromatic carbocycles. The second-order valence-electron chi connectivity index (χ2n) is 7.91. The molecule has 1 atom stereocenters. The summed E-state index contributed by atoms with van der Waals surface area (Å²) in [6.45, 7) is 2.17. The van der Waals surface area contributed by atoms with Gasteiger partial charge in [-0.2, -0.15) is 0 Å². The van der Waals surface area contributed by atoms with Gasteiger partial charge in [0.25, 0.3) is 5.91 Å². The number of ether oxygens (including phenoxy) is 1. The summed E-state index contributed by atoms with van der Waals surface area (Å²) in [4.78, 5) is 23.8. The van der Waals surface area contributed by atoms with Gasteiger partial charge in [-0.1, -0.05) is 12.1 Å². The molecule has 3 heterocycles. The number of hydrogen-bond acceptors (Lipinski definition) is 5. The molecule has 31 heavy (non-hydrogen) atoms. The van der Waals surface area contributed by atoms with Crippen molar-refractivity contribution in [3.63, 3.8) is 0 Å². The molecule has 3 aromatic rings. The van der Waals surface area contributed by atoms with Gasteiger partial charge in [0.2, 0.25) is 0 Å².